The molecule has 0 spiro atoms. The number of anilines is 1. The van der Waals surface area contributed by atoms with Gasteiger partial charge in [-0.05, 0) is 57.9 Å². The fourth-order valence-corrected chi connectivity index (χ4v) is 4.12. The first-order valence-corrected chi connectivity index (χ1v) is 10.7. The summed E-state index contributed by atoms with van der Waals surface area (Å²) < 4.78 is 0. The third kappa shape index (κ3) is 4.42. The van der Waals surface area contributed by atoms with E-state index in [2.05, 4.69) is 76.6 Å². The number of H-pyrrole nitrogens is 1. The number of hydrazone groups is 1. The van der Waals surface area contributed by atoms with Crippen LogP contribution < -0.4 is 5.43 Å². The van der Waals surface area contributed by atoms with Gasteiger partial charge >= 0.3 is 0 Å². The van der Waals surface area contributed by atoms with Crippen LogP contribution in [0.1, 0.15) is 52.0 Å². The molecule has 0 amide bonds. The van der Waals surface area contributed by atoms with E-state index in [-0.39, 0.29) is 0 Å². The van der Waals surface area contributed by atoms with Gasteiger partial charge < -0.3 is 4.98 Å². The molecule has 2 atom stereocenters. The van der Waals surface area contributed by atoms with Gasteiger partial charge in [-0.15, -0.1) is 10.2 Å². The van der Waals surface area contributed by atoms with Gasteiger partial charge in [-0.1, -0.05) is 48.4 Å². The Kier molecular flexibility index (Phi) is 5.93. The molecule has 156 valence electrons. The van der Waals surface area contributed by atoms with E-state index < -0.39 is 0 Å². The number of allylic oxidation sites excluding steroid dienone is 4. The third-order valence-electron chi connectivity index (χ3n) is 5.90. The van der Waals surface area contributed by atoms with Crippen LogP contribution in [0, 0.1) is 18.8 Å². The quantitative estimate of drug-likeness (QED) is 0.304. The van der Waals surface area contributed by atoms with Gasteiger partial charge in [0.25, 0.3) is 5.95 Å². The van der Waals surface area contributed by atoms with E-state index in [0.717, 1.165) is 41.3 Å². The molecule has 3 aromatic rings. The summed E-state index contributed by atoms with van der Waals surface area (Å²) in [4.78, 5) is 7.89. The summed E-state index contributed by atoms with van der Waals surface area (Å²) in [5, 5.41) is 14.0. The molecule has 0 saturated heterocycles. The number of para-hydroxylation sites is 1. The lowest BCUT2D eigenvalue weighted by atomic mass is 9.80. The second kappa shape index (κ2) is 8.78. The van der Waals surface area contributed by atoms with E-state index >= 15 is 0 Å². The van der Waals surface area contributed by atoms with Crippen LogP contribution in [-0.2, 0) is 0 Å². The molecule has 1 aliphatic carbocycles. The Balaban J connectivity index is 1.40. The predicted molar refractivity (Wildman–Crippen MR) is 125 cm³/mol. The van der Waals surface area contributed by atoms with Gasteiger partial charge in [0, 0.05) is 17.5 Å². The first-order valence-electron chi connectivity index (χ1n) is 10.7. The lowest BCUT2D eigenvalue weighted by Crippen LogP contribution is -2.18. The number of nitrogens with one attached hydrogen (secondary N) is 2. The van der Waals surface area contributed by atoms with E-state index in [9.17, 15) is 0 Å². The number of benzene rings is 1. The van der Waals surface area contributed by atoms with Crippen LogP contribution in [-0.4, -0.2) is 26.4 Å². The average Bonchev–Trinajstić information content (AvgIpc) is 3.09. The van der Waals surface area contributed by atoms with Crippen LogP contribution in [0.25, 0.3) is 22.1 Å². The molecule has 2 heterocycles. The van der Waals surface area contributed by atoms with Crippen molar-refractivity contribution in [2.75, 3.05) is 5.43 Å². The van der Waals surface area contributed by atoms with Crippen LogP contribution in [0.4, 0.5) is 5.95 Å². The highest BCUT2D eigenvalue weighted by atomic mass is 15.4. The molecule has 4 rings (SSSR count). The number of aromatic amines is 1. The summed E-state index contributed by atoms with van der Waals surface area (Å²) in [6.45, 7) is 8.70. The second-order valence-electron chi connectivity index (χ2n) is 8.61. The minimum Gasteiger partial charge on any atom is -0.337 e. The first-order chi connectivity index (χ1) is 14.5. The molecular weight excluding hydrogens is 372 g/mol. The van der Waals surface area contributed by atoms with Crippen molar-refractivity contribution in [3.8, 4) is 0 Å². The maximum atomic E-state index is 4.54. The lowest BCUT2D eigenvalue weighted by Gasteiger charge is -2.25. The molecule has 2 aromatic heterocycles. The molecule has 0 aliphatic heterocycles. The summed E-state index contributed by atoms with van der Waals surface area (Å²) in [6.07, 6.45) is 11.2. The van der Waals surface area contributed by atoms with Gasteiger partial charge in [-0.2, -0.15) is 10.1 Å². The van der Waals surface area contributed by atoms with Crippen LogP contribution in [0.3, 0.4) is 0 Å². The Bertz CT molecular complexity index is 1130. The van der Waals surface area contributed by atoms with Crippen molar-refractivity contribution in [1.29, 1.82) is 0 Å². The highest BCUT2D eigenvalue weighted by Gasteiger charge is 2.20. The Labute approximate surface area is 177 Å². The largest absolute Gasteiger partial charge is 0.337 e. The fraction of sp³-hybridized carbons (Fsp3) is 0.417. The fourth-order valence-electron chi connectivity index (χ4n) is 4.12. The third-order valence-corrected chi connectivity index (χ3v) is 5.90. The van der Waals surface area contributed by atoms with Crippen LogP contribution >= 0.6 is 0 Å². The van der Waals surface area contributed by atoms with Crippen LogP contribution in [0.5, 0.6) is 0 Å². The molecule has 30 heavy (non-hydrogen) atoms. The van der Waals surface area contributed by atoms with E-state index in [1.54, 1.807) is 5.57 Å². The van der Waals surface area contributed by atoms with Crippen molar-refractivity contribution in [3.63, 3.8) is 0 Å². The van der Waals surface area contributed by atoms with Crippen molar-refractivity contribution in [2.45, 2.75) is 53.4 Å². The highest BCUT2D eigenvalue weighted by Crippen LogP contribution is 2.30. The second-order valence-corrected chi connectivity index (χ2v) is 8.61. The van der Waals surface area contributed by atoms with Gasteiger partial charge in [0.2, 0.25) is 0 Å². The zero-order valence-corrected chi connectivity index (χ0v) is 18.2. The van der Waals surface area contributed by atoms with Gasteiger partial charge in [0.05, 0.1) is 5.52 Å². The molecule has 6 heteroatoms. The van der Waals surface area contributed by atoms with E-state index in [1.165, 1.54) is 17.6 Å². The minimum absolute atomic E-state index is 0.407. The van der Waals surface area contributed by atoms with Crippen molar-refractivity contribution >= 4 is 34.2 Å². The molecular formula is C24H30N6. The molecule has 0 unspecified atom stereocenters. The summed E-state index contributed by atoms with van der Waals surface area (Å²) in [5.41, 5.74) is 9.66. The molecule has 0 bridgehead atoms. The van der Waals surface area contributed by atoms with Gasteiger partial charge in [-0.3, -0.25) is 0 Å². The van der Waals surface area contributed by atoms with E-state index in [0.29, 0.717) is 17.8 Å². The molecule has 0 fully saturated rings. The number of aromatic nitrogens is 4. The first kappa shape index (κ1) is 20.3. The minimum atomic E-state index is 0.407. The van der Waals surface area contributed by atoms with Crippen molar-refractivity contribution in [1.82, 2.24) is 20.2 Å². The SMILES string of the molecule is CC(C)=CCCC1=CC[C@H](/C=N\Nc2nnc3c(n2)[nH]c2c(C)cccc23)[C@H](C)C1. The molecule has 6 nitrogen and oxygen atoms in total. The standard InChI is InChI=1S/C24H30N6/c1-15(2)7-5-9-18-11-12-19(17(4)13-18)14-25-29-24-27-23-22(28-30-24)20-10-6-8-16(3)21(20)26-23/h6-8,10-11,14,17,19H,5,9,12-13H2,1-4H3,(H2,26,27,29,30)/b25-14-/t17-,19-/m1/s1. The summed E-state index contributed by atoms with van der Waals surface area (Å²) in [7, 11) is 0. The zero-order chi connectivity index (χ0) is 21.1. The van der Waals surface area contributed by atoms with Crippen molar-refractivity contribution in [3.05, 3.63) is 47.1 Å². The van der Waals surface area contributed by atoms with E-state index in [4.69, 9.17) is 0 Å². The number of fused-ring (bicyclic) bond motifs is 3. The summed E-state index contributed by atoms with van der Waals surface area (Å²) in [5.74, 6) is 1.42. The van der Waals surface area contributed by atoms with Gasteiger partial charge in [0.15, 0.2) is 5.65 Å². The molecule has 0 radical (unpaired) electrons. The smallest absolute Gasteiger partial charge is 0.265 e. The van der Waals surface area contributed by atoms with E-state index in [1.807, 2.05) is 18.3 Å². The number of nitrogens with zero attached hydrogens (tertiary/aromatic N) is 4. The molecule has 0 saturated carbocycles. The number of rotatable bonds is 6. The van der Waals surface area contributed by atoms with Gasteiger partial charge in [-0.25, -0.2) is 5.43 Å². The monoisotopic (exact) mass is 402 g/mol. The van der Waals surface area contributed by atoms with Crippen LogP contribution in [0.15, 0.2) is 46.6 Å². The van der Waals surface area contributed by atoms with Gasteiger partial charge in [0.1, 0.15) is 5.52 Å². The average molecular weight is 403 g/mol. The maximum absolute atomic E-state index is 4.54. The molecule has 1 aromatic carbocycles. The Morgan fingerprint density at radius 1 is 1.30 bits per heavy atom. The summed E-state index contributed by atoms with van der Waals surface area (Å²) in [6, 6.07) is 6.13. The highest BCUT2D eigenvalue weighted by molar-refractivity contribution is 6.04. The normalized spacial score (nSPS) is 19.4. The predicted octanol–water partition coefficient (Wildman–Crippen LogP) is 5.93. The number of hydrogen-bond donors (Lipinski definition) is 2. The van der Waals surface area contributed by atoms with Crippen molar-refractivity contribution < 1.29 is 0 Å². The topological polar surface area (TPSA) is 78.8 Å². The Hall–Kier alpha value is -3.02. The lowest BCUT2D eigenvalue weighted by molar-refractivity contribution is 0.431. The van der Waals surface area contributed by atoms with Crippen molar-refractivity contribution in [2.24, 2.45) is 16.9 Å². The number of aryl methyl sites for hydroxylation is 1. The maximum Gasteiger partial charge on any atom is 0.265 e. The zero-order valence-electron chi connectivity index (χ0n) is 18.2. The number of hydrogen-bond acceptors (Lipinski definition) is 5. The van der Waals surface area contributed by atoms with Crippen LogP contribution in [0.2, 0.25) is 0 Å². The molecule has 1 aliphatic rings. The Morgan fingerprint density at radius 2 is 2.17 bits per heavy atom. The summed E-state index contributed by atoms with van der Waals surface area (Å²) >= 11 is 0. The molecule has 2 N–H and O–H groups in total. The Morgan fingerprint density at radius 3 is 2.97 bits per heavy atom.